The summed E-state index contributed by atoms with van der Waals surface area (Å²) in [4.78, 5) is 23.0. The van der Waals surface area contributed by atoms with Gasteiger partial charge in [0.15, 0.2) is 0 Å². The quantitative estimate of drug-likeness (QED) is 0.726. The minimum absolute atomic E-state index is 0.0203. The number of carbonyl (C=O) groups is 2. The zero-order chi connectivity index (χ0) is 13.5. The fourth-order valence-electron chi connectivity index (χ4n) is 1.29. The van der Waals surface area contributed by atoms with Crippen molar-refractivity contribution in [1.29, 1.82) is 0 Å². The van der Waals surface area contributed by atoms with Gasteiger partial charge in [-0.2, -0.15) is 0 Å². The van der Waals surface area contributed by atoms with Gasteiger partial charge < -0.3 is 15.7 Å². The van der Waals surface area contributed by atoms with E-state index in [4.69, 9.17) is 0 Å². The molecule has 0 aromatic heterocycles. The number of nitrogens with one attached hydrogen (secondary N) is 2. The Hall–Kier alpha value is -2.04. The Bertz CT molecular complexity index is 430. The van der Waals surface area contributed by atoms with Gasteiger partial charge in [-0.15, -0.1) is 0 Å². The highest BCUT2D eigenvalue weighted by Gasteiger charge is 2.08. The van der Waals surface area contributed by atoms with Gasteiger partial charge in [0.25, 0.3) is 5.91 Å². The second kappa shape index (κ2) is 6.64. The standard InChI is InChI=1S/C13H18N2O3/c1-9(2)7-14-12(17)8-15-13(18)10-4-3-5-11(16)6-10/h3-6,9,16H,7-8H2,1-2H3,(H,14,17)(H,15,18). The third-order valence-electron chi connectivity index (χ3n) is 2.23. The summed E-state index contributed by atoms with van der Waals surface area (Å²) in [6.45, 7) is 4.50. The van der Waals surface area contributed by atoms with Crippen molar-refractivity contribution in [2.45, 2.75) is 13.8 Å². The van der Waals surface area contributed by atoms with Gasteiger partial charge in [-0.3, -0.25) is 9.59 Å². The molecule has 0 unspecified atom stereocenters. The average molecular weight is 250 g/mol. The monoisotopic (exact) mass is 250 g/mol. The van der Waals surface area contributed by atoms with E-state index in [0.29, 0.717) is 18.0 Å². The number of phenols is 1. The predicted octanol–water partition coefficient (Wildman–Crippen LogP) is 0.894. The van der Waals surface area contributed by atoms with E-state index in [1.54, 1.807) is 12.1 Å². The molecule has 1 rings (SSSR count). The van der Waals surface area contributed by atoms with Gasteiger partial charge in [0.1, 0.15) is 5.75 Å². The van der Waals surface area contributed by atoms with E-state index >= 15 is 0 Å². The van der Waals surface area contributed by atoms with E-state index in [1.165, 1.54) is 12.1 Å². The summed E-state index contributed by atoms with van der Waals surface area (Å²) >= 11 is 0. The van der Waals surface area contributed by atoms with Crippen molar-refractivity contribution < 1.29 is 14.7 Å². The normalized spacial score (nSPS) is 10.2. The summed E-state index contributed by atoms with van der Waals surface area (Å²) in [6.07, 6.45) is 0. The molecular weight excluding hydrogens is 232 g/mol. The smallest absolute Gasteiger partial charge is 0.251 e. The van der Waals surface area contributed by atoms with Gasteiger partial charge in [-0.05, 0) is 24.1 Å². The largest absolute Gasteiger partial charge is 0.508 e. The van der Waals surface area contributed by atoms with E-state index < -0.39 is 0 Å². The van der Waals surface area contributed by atoms with Crippen molar-refractivity contribution in [3.63, 3.8) is 0 Å². The molecule has 0 atom stereocenters. The first-order valence-corrected chi connectivity index (χ1v) is 5.83. The van der Waals surface area contributed by atoms with Gasteiger partial charge in [-0.25, -0.2) is 0 Å². The third kappa shape index (κ3) is 4.86. The Kier molecular flexibility index (Phi) is 5.17. The maximum absolute atomic E-state index is 11.6. The summed E-state index contributed by atoms with van der Waals surface area (Å²) in [5.41, 5.74) is 0.326. The first-order chi connectivity index (χ1) is 8.49. The van der Waals surface area contributed by atoms with Crippen LogP contribution in [0.2, 0.25) is 0 Å². The van der Waals surface area contributed by atoms with Crippen LogP contribution in [0.1, 0.15) is 24.2 Å². The van der Waals surface area contributed by atoms with Crippen molar-refractivity contribution in [1.82, 2.24) is 10.6 Å². The molecule has 5 nitrogen and oxygen atoms in total. The predicted molar refractivity (Wildman–Crippen MR) is 68.3 cm³/mol. The number of carbonyl (C=O) groups excluding carboxylic acids is 2. The molecule has 98 valence electrons. The van der Waals surface area contributed by atoms with Crippen LogP contribution in [0.5, 0.6) is 5.75 Å². The van der Waals surface area contributed by atoms with E-state index in [0.717, 1.165) is 0 Å². The Morgan fingerprint density at radius 1 is 1.28 bits per heavy atom. The number of hydrogen-bond donors (Lipinski definition) is 3. The molecule has 0 saturated heterocycles. The van der Waals surface area contributed by atoms with E-state index in [1.807, 2.05) is 13.8 Å². The van der Waals surface area contributed by atoms with Crippen LogP contribution in [0.3, 0.4) is 0 Å². The molecule has 0 bridgehead atoms. The Labute approximate surface area is 106 Å². The molecule has 1 aromatic rings. The molecule has 0 aliphatic heterocycles. The van der Waals surface area contributed by atoms with E-state index in [-0.39, 0.29) is 24.1 Å². The molecule has 5 heteroatoms. The molecule has 18 heavy (non-hydrogen) atoms. The van der Waals surface area contributed by atoms with Crippen LogP contribution >= 0.6 is 0 Å². The van der Waals surface area contributed by atoms with Crippen LogP contribution in [0.4, 0.5) is 0 Å². The highest BCUT2D eigenvalue weighted by atomic mass is 16.3. The lowest BCUT2D eigenvalue weighted by molar-refractivity contribution is -0.120. The number of rotatable bonds is 5. The number of aromatic hydroxyl groups is 1. The summed E-state index contributed by atoms with van der Waals surface area (Å²) in [7, 11) is 0. The van der Waals surface area contributed by atoms with Gasteiger partial charge in [-0.1, -0.05) is 19.9 Å². The van der Waals surface area contributed by atoms with Crippen LogP contribution in [0.15, 0.2) is 24.3 Å². The van der Waals surface area contributed by atoms with Crippen LogP contribution in [-0.4, -0.2) is 30.0 Å². The molecule has 1 aromatic carbocycles. The number of benzene rings is 1. The molecule has 2 amide bonds. The Balaban J connectivity index is 2.39. The molecule has 0 saturated carbocycles. The lowest BCUT2D eigenvalue weighted by Crippen LogP contribution is -2.38. The lowest BCUT2D eigenvalue weighted by Gasteiger charge is -2.08. The maximum atomic E-state index is 11.6. The SMILES string of the molecule is CC(C)CNC(=O)CNC(=O)c1cccc(O)c1. The van der Waals surface area contributed by atoms with Gasteiger partial charge in [0.05, 0.1) is 6.54 Å². The highest BCUT2D eigenvalue weighted by Crippen LogP contribution is 2.10. The van der Waals surface area contributed by atoms with Crippen molar-refractivity contribution in [2.75, 3.05) is 13.1 Å². The maximum Gasteiger partial charge on any atom is 0.251 e. The topological polar surface area (TPSA) is 78.4 Å². The molecular formula is C13H18N2O3. The van der Waals surface area contributed by atoms with Crippen LogP contribution in [-0.2, 0) is 4.79 Å². The third-order valence-corrected chi connectivity index (χ3v) is 2.23. The number of amides is 2. The molecule has 0 heterocycles. The zero-order valence-electron chi connectivity index (χ0n) is 10.6. The average Bonchev–Trinajstić information content (AvgIpc) is 2.33. The molecule has 0 radical (unpaired) electrons. The molecule has 0 fully saturated rings. The number of phenolic OH excluding ortho intramolecular Hbond substituents is 1. The first-order valence-electron chi connectivity index (χ1n) is 5.83. The van der Waals surface area contributed by atoms with Crippen molar-refractivity contribution >= 4 is 11.8 Å². The summed E-state index contributed by atoms with van der Waals surface area (Å²) in [5, 5.41) is 14.4. The van der Waals surface area contributed by atoms with Gasteiger partial charge in [0, 0.05) is 12.1 Å². The van der Waals surface area contributed by atoms with Crippen molar-refractivity contribution in [2.24, 2.45) is 5.92 Å². The van der Waals surface area contributed by atoms with Crippen LogP contribution in [0.25, 0.3) is 0 Å². The van der Waals surface area contributed by atoms with E-state index in [9.17, 15) is 14.7 Å². The molecule has 0 spiro atoms. The van der Waals surface area contributed by atoms with E-state index in [2.05, 4.69) is 10.6 Å². The highest BCUT2D eigenvalue weighted by molar-refractivity contribution is 5.96. The lowest BCUT2D eigenvalue weighted by atomic mass is 10.2. The van der Waals surface area contributed by atoms with Crippen molar-refractivity contribution in [3.05, 3.63) is 29.8 Å². The minimum Gasteiger partial charge on any atom is -0.508 e. The second-order valence-corrected chi connectivity index (χ2v) is 4.43. The fourth-order valence-corrected chi connectivity index (χ4v) is 1.29. The zero-order valence-corrected chi connectivity index (χ0v) is 10.6. The number of hydrogen-bond acceptors (Lipinski definition) is 3. The molecule has 0 aliphatic carbocycles. The Morgan fingerprint density at radius 3 is 2.61 bits per heavy atom. The van der Waals surface area contributed by atoms with Crippen molar-refractivity contribution in [3.8, 4) is 5.75 Å². The second-order valence-electron chi connectivity index (χ2n) is 4.43. The van der Waals surface area contributed by atoms with Crippen LogP contribution in [0, 0.1) is 5.92 Å². The minimum atomic E-state index is -0.384. The summed E-state index contributed by atoms with van der Waals surface area (Å²) < 4.78 is 0. The summed E-state index contributed by atoms with van der Waals surface area (Å²) in [6, 6.07) is 5.97. The van der Waals surface area contributed by atoms with Gasteiger partial charge >= 0.3 is 0 Å². The first kappa shape index (κ1) is 14.0. The Morgan fingerprint density at radius 2 is 2.00 bits per heavy atom. The molecule has 3 N–H and O–H groups in total. The van der Waals surface area contributed by atoms with Gasteiger partial charge in [0.2, 0.25) is 5.91 Å². The molecule has 0 aliphatic rings. The van der Waals surface area contributed by atoms with Crippen LogP contribution < -0.4 is 10.6 Å². The fraction of sp³-hybridized carbons (Fsp3) is 0.385. The summed E-state index contributed by atoms with van der Waals surface area (Å²) in [5.74, 6) is -0.217.